The average molecular weight is 213 g/mol. The first-order valence-corrected chi connectivity index (χ1v) is 5.42. The minimum Gasteiger partial charge on any atom is -0.354 e. The zero-order valence-corrected chi connectivity index (χ0v) is 9.23. The van der Waals surface area contributed by atoms with E-state index in [1.165, 1.54) is 11.3 Å². The van der Waals surface area contributed by atoms with Gasteiger partial charge in [-0.05, 0) is 13.8 Å². The van der Waals surface area contributed by atoms with Gasteiger partial charge in [-0.1, -0.05) is 0 Å². The Kier molecular flexibility index (Phi) is 4.03. The first kappa shape index (κ1) is 11.1. The lowest BCUT2D eigenvalue weighted by Gasteiger charge is -2.06. The molecule has 0 radical (unpaired) electrons. The molecule has 0 spiro atoms. The van der Waals surface area contributed by atoms with Gasteiger partial charge < -0.3 is 11.1 Å². The van der Waals surface area contributed by atoms with Crippen LogP contribution in [0, 0.1) is 0 Å². The monoisotopic (exact) mass is 213 g/mol. The molecule has 5 heteroatoms. The highest BCUT2D eigenvalue weighted by molar-refractivity contribution is 7.09. The largest absolute Gasteiger partial charge is 0.354 e. The molecular weight excluding hydrogens is 198 g/mol. The van der Waals surface area contributed by atoms with Gasteiger partial charge in [0.05, 0.1) is 12.1 Å². The molecule has 14 heavy (non-hydrogen) atoms. The number of nitrogens with two attached hydrogens (primary N) is 1. The van der Waals surface area contributed by atoms with Crippen LogP contribution >= 0.6 is 11.3 Å². The van der Waals surface area contributed by atoms with E-state index in [4.69, 9.17) is 5.73 Å². The number of hydrogen-bond acceptors (Lipinski definition) is 4. The lowest BCUT2D eigenvalue weighted by Crippen LogP contribution is -2.31. The highest BCUT2D eigenvalue weighted by Gasteiger charge is 2.07. The maximum Gasteiger partial charge on any atom is 0.227 e. The van der Waals surface area contributed by atoms with Gasteiger partial charge >= 0.3 is 0 Å². The average Bonchev–Trinajstić information content (AvgIpc) is 2.50. The summed E-state index contributed by atoms with van der Waals surface area (Å²) in [6.07, 6.45) is 0.350. The predicted molar refractivity (Wildman–Crippen MR) is 57.0 cm³/mol. The standard InChI is InChI=1S/C9H15N3OS/c1-6(2)11-8(13)3-9-12-7(4-10)5-14-9/h5-6H,3-4,10H2,1-2H3,(H,11,13). The van der Waals surface area contributed by atoms with E-state index in [0.717, 1.165) is 10.7 Å². The summed E-state index contributed by atoms with van der Waals surface area (Å²) in [7, 11) is 0. The quantitative estimate of drug-likeness (QED) is 0.772. The molecule has 1 aromatic heterocycles. The summed E-state index contributed by atoms with van der Waals surface area (Å²) in [5.74, 6) is 0.0120. The van der Waals surface area contributed by atoms with E-state index in [-0.39, 0.29) is 11.9 Å². The second-order valence-electron chi connectivity index (χ2n) is 3.34. The van der Waals surface area contributed by atoms with Crippen LogP contribution in [0.5, 0.6) is 0 Å². The number of amides is 1. The van der Waals surface area contributed by atoms with Crippen LogP contribution in [0.15, 0.2) is 5.38 Å². The molecule has 0 aliphatic heterocycles. The molecule has 0 unspecified atom stereocenters. The third kappa shape index (κ3) is 3.43. The molecule has 1 rings (SSSR count). The number of rotatable bonds is 4. The lowest BCUT2D eigenvalue weighted by atomic mass is 10.3. The Morgan fingerprint density at radius 3 is 2.93 bits per heavy atom. The van der Waals surface area contributed by atoms with Crippen molar-refractivity contribution in [3.05, 3.63) is 16.1 Å². The smallest absolute Gasteiger partial charge is 0.227 e. The van der Waals surface area contributed by atoms with Crippen molar-refractivity contribution in [1.82, 2.24) is 10.3 Å². The van der Waals surface area contributed by atoms with Crippen LogP contribution in [-0.2, 0) is 17.8 Å². The molecule has 0 fully saturated rings. The Balaban J connectivity index is 2.47. The third-order valence-electron chi connectivity index (χ3n) is 1.57. The molecule has 0 atom stereocenters. The van der Waals surface area contributed by atoms with Gasteiger partial charge in [0.25, 0.3) is 0 Å². The van der Waals surface area contributed by atoms with Gasteiger partial charge in [0, 0.05) is 18.0 Å². The number of nitrogens with zero attached hydrogens (tertiary/aromatic N) is 1. The molecule has 0 aliphatic carbocycles. The zero-order chi connectivity index (χ0) is 10.6. The maximum atomic E-state index is 11.3. The molecule has 0 saturated carbocycles. The van der Waals surface area contributed by atoms with E-state index in [1.807, 2.05) is 19.2 Å². The van der Waals surface area contributed by atoms with E-state index in [1.54, 1.807) is 0 Å². The van der Waals surface area contributed by atoms with Crippen molar-refractivity contribution in [2.45, 2.75) is 32.9 Å². The highest BCUT2D eigenvalue weighted by Crippen LogP contribution is 2.09. The van der Waals surface area contributed by atoms with Crippen LogP contribution in [0.3, 0.4) is 0 Å². The van der Waals surface area contributed by atoms with Gasteiger partial charge in [0.2, 0.25) is 5.91 Å². The normalized spacial score (nSPS) is 10.6. The number of hydrogen-bond donors (Lipinski definition) is 2. The summed E-state index contributed by atoms with van der Waals surface area (Å²) in [4.78, 5) is 15.6. The number of carbonyl (C=O) groups is 1. The van der Waals surface area contributed by atoms with Crippen molar-refractivity contribution < 1.29 is 4.79 Å². The lowest BCUT2D eigenvalue weighted by molar-refractivity contribution is -0.120. The fourth-order valence-electron chi connectivity index (χ4n) is 1.03. The minimum absolute atomic E-state index is 0.0120. The fraction of sp³-hybridized carbons (Fsp3) is 0.556. The minimum atomic E-state index is 0.0120. The van der Waals surface area contributed by atoms with Crippen molar-refractivity contribution in [2.24, 2.45) is 5.73 Å². The van der Waals surface area contributed by atoms with Gasteiger partial charge in [0.1, 0.15) is 5.01 Å². The fourth-order valence-corrected chi connectivity index (χ4v) is 1.84. The first-order valence-electron chi connectivity index (χ1n) is 4.54. The van der Waals surface area contributed by atoms with Crippen LogP contribution < -0.4 is 11.1 Å². The second-order valence-corrected chi connectivity index (χ2v) is 4.28. The van der Waals surface area contributed by atoms with Gasteiger partial charge in [-0.2, -0.15) is 0 Å². The summed E-state index contributed by atoms with van der Waals surface area (Å²) in [5.41, 5.74) is 6.27. The molecule has 78 valence electrons. The Morgan fingerprint density at radius 2 is 2.43 bits per heavy atom. The predicted octanol–water partition coefficient (Wildman–Crippen LogP) is 0.669. The molecule has 4 nitrogen and oxygen atoms in total. The van der Waals surface area contributed by atoms with E-state index in [9.17, 15) is 4.79 Å². The summed E-state index contributed by atoms with van der Waals surface area (Å²) in [5, 5.41) is 5.52. The van der Waals surface area contributed by atoms with Crippen molar-refractivity contribution in [3.63, 3.8) is 0 Å². The number of aromatic nitrogens is 1. The summed E-state index contributed by atoms with van der Waals surface area (Å²) in [6.45, 7) is 4.30. The molecule has 0 saturated heterocycles. The Hall–Kier alpha value is -0.940. The SMILES string of the molecule is CC(C)NC(=O)Cc1nc(CN)cs1. The summed E-state index contributed by atoms with van der Waals surface area (Å²) in [6, 6.07) is 0.177. The summed E-state index contributed by atoms with van der Waals surface area (Å²) < 4.78 is 0. The number of nitrogens with one attached hydrogen (secondary N) is 1. The molecule has 0 bridgehead atoms. The van der Waals surface area contributed by atoms with E-state index in [0.29, 0.717) is 13.0 Å². The highest BCUT2D eigenvalue weighted by atomic mass is 32.1. The molecule has 0 aliphatic rings. The molecular formula is C9H15N3OS. The van der Waals surface area contributed by atoms with E-state index in [2.05, 4.69) is 10.3 Å². The maximum absolute atomic E-state index is 11.3. The topological polar surface area (TPSA) is 68.0 Å². The Bertz CT molecular complexity index is 309. The third-order valence-corrected chi connectivity index (χ3v) is 2.47. The van der Waals surface area contributed by atoms with Crippen LogP contribution in [-0.4, -0.2) is 16.9 Å². The number of thiazole rings is 1. The molecule has 1 aromatic rings. The van der Waals surface area contributed by atoms with Gasteiger partial charge in [0.15, 0.2) is 0 Å². The van der Waals surface area contributed by atoms with Crippen molar-refractivity contribution >= 4 is 17.2 Å². The van der Waals surface area contributed by atoms with Gasteiger partial charge in [-0.25, -0.2) is 4.98 Å². The number of carbonyl (C=O) groups excluding carboxylic acids is 1. The van der Waals surface area contributed by atoms with E-state index < -0.39 is 0 Å². The van der Waals surface area contributed by atoms with Crippen LogP contribution in [0.25, 0.3) is 0 Å². The Morgan fingerprint density at radius 1 is 1.71 bits per heavy atom. The summed E-state index contributed by atoms with van der Waals surface area (Å²) >= 11 is 1.48. The first-order chi connectivity index (χ1) is 6.61. The van der Waals surface area contributed by atoms with Crippen LogP contribution in [0.1, 0.15) is 24.5 Å². The van der Waals surface area contributed by atoms with Crippen LogP contribution in [0.2, 0.25) is 0 Å². The molecule has 1 heterocycles. The molecule has 0 aromatic carbocycles. The molecule has 3 N–H and O–H groups in total. The van der Waals surface area contributed by atoms with E-state index >= 15 is 0 Å². The zero-order valence-electron chi connectivity index (χ0n) is 8.41. The van der Waals surface area contributed by atoms with Gasteiger partial charge in [-0.15, -0.1) is 11.3 Å². The van der Waals surface area contributed by atoms with Crippen molar-refractivity contribution in [1.29, 1.82) is 0 Å². The van der Waals surface area contributed by atoms with Crippen molar-refractivity contribution in [3.8, 4) is 0 Å². The van der Waals surface area contributed by atoms with Crippen molar-refractivity contribution in [2.75, 3.05) is 0 Å². The van der Waals surface area contributed by atoms with Gasteiger partial charge in [-0.3, -0.25) is 4.79 Å². The second kappa shape index (κ2) is 5.07. The Labute approximate surface area is 87.5 Å². The van der Waals surface area contributed by atoms with Crippen LogP contribution in [0.4, 0.5) is 0 Å². The molecule has 1 amide bonds.